The van der Waals surface area contributed by atoms with Gasteiger partial charge in [-0.05, 0) is 246 Å². The number of aliphatic imine (C=N–C) groups is 2. The third-order valence-electron chi connectivity index (χ3n) is 24.1. The predicted octanol–water partition coefficient (Wildman–Crippen LogP) is 27.7. The van der Waals surface area contributed by atoms with Gasteiger partial charge in [-0.3, -0.25) is 4.99 Å². The zero-order valence-corrected chi connectivity index (χ0v) is 89.7. The molecule has 146 heavy (non-hydrogen) atoms. The number of allylic oxidation sites excluding steroid dienone is 8. The second-order valence-electron chi connectivity index (χ2n) is 34.2. The van der Waals surface area contributed by atoms with Crippen molar-refractivity contribution in [1.82, 2.24) is 4.98 Å². The van der Waals surface area contributed by atoms with Gasteiger partial charge in [-0.15, -0.1) is 23.1 Å². The molecule has 14 aromatic carbocycles. The molecule has 19 nitrogen and oxygen atoms in total. The number of aromatic nitrogens is 1. The maximum atomic E-state index is 11.7. The maximum absolute atomic E-state index is 11.7. The number of ether oxygens (including phenoxy) is 7. The Morgan fingerprint density at radius 2 is 0.795 bits per heavy atom. The average Bonchev–Trinajstić information content (AvgIpc) is 0.849. The van der Waals surface area contributed by atoms with Gasteiger partial charge in [0.2, 0.25) is 0 Å². The van der Waals surface area contributed by atoms with Crippen molar-refractivity contribution >= 4 is 95.6 Å². The monoisotopic (exact) mass is 2240 g/mol. The van der Waals surface area contributed by atoms with Crippen LogP contribution >= 0.6 is 34.9 Å². The zero-order chi connectivity index (χ0) is 96.7. The fourth-order valence-electron chi connectivity index (χ4n) is 16.8. The third kappa shape index (κ3) is 27.4. The van der Waals surface area contributed by atoms with Crippen LogP contribution in [0.1, 0.15) is 109 Å². The van der Waals surface area contributed by atoms with Crippen LogP contribution in [0.25, 0.3) is 26.9 Å². The van der Waals surface area contributed by atoms with E-state index in [1.165, 1.54) is 76.8 Å². The van der Waals surface area contributed by atoms with E-state index in [2.05, 4.69) is 165 Å². The van der Waals surface area contributed by atoms with Crippen LogP contribution in [0.4, 0.5) is 17.1 Å². The second-order valence-corrected chi connectivity index (χ2v) is 37.4. The van der Waals surface area contributed by atoms with Crippen molar-refractivity contribution in [3.05, 3.63) is 440 Å². The number of thiazole rings is 1. The average molecular weight is 2240 g/mol. The Hall–Kier alpha value is -13.0. The quantitative estimate of drug-likeness (QED) is 0.0877. The number of thioether (sulfide) groups is 1. The summed E-state index contributed by atoms with van der Waals surface area (Å²) in [6.07, 6.45) is 21.5. The molecule has 6 N–H and O–H groups in total. The number of hydrogen-bond donors (Lipinski definition) is 6. The summed E-state index contributed by atoms with van der Waals surface area (Å²) < 4.78 is 40.9. The van der Waals surface area contributed by atoms with Crippen molar-refractivity contribution < 1.29 is 171 Å². The van der Waals surface area contributed by atoms with E-state index in [0.717, 1.165) is 162 Å². The van der Waals surface area contributed by atoms with Crippen molar-refractivity contribution in [3.8, 4) is 86.2 Å². The number of para-hydroxylation sites is 4. The Bertz CT molecular complexity index is 7300. The van der Waals surface area contributed by atoms with Gasteiger partial charge < -0.3 is 73.6 Å². The topological polar surface area (TPSA) is 247 Å². The van der Waals surface area contributed by atoms with Crippen LogP contribution in [-0.4, -0.2) is 106 Å². The Morgan fingerprint density at radius 1 is 0.377 bits per heavy atom. The summed E-state index contributed by atoms with van der Waals surface area (Å²) in [6, 6.07) is 95.0. The van der Waals surface area contributed by atoms with E-state index in [1.807, 2.05) is 168 Å². The molecule has 6 radical (unpaired) electrons. The molecule has 1 aromatic heterocycles. The molecule has 2 aliphatic carbocycles. The number of rotatable bonds is 5. The fourth-order valence-corrected chi connectivity index (χ4v) is 19.8. The van der Waals surface area contributed by atoms with Gasteiger partial charge in [0.25, 0.3) is 0 Å². The largest absolute Gasteiger partial charge is 0.508 e. The molecule has 9 aliphatic heterocycles. The molecular weight excluding hydrogens is 2140 g/mol. The molecule has 15 aromatic rings. The smallest absolute Gasteiger partial charge is 0.336 e. The van der Waals surface area contributed by atoms with Gasteiger partial charge in [-0.2, -0.15) is 0 Å². The summed E-state index contributed by atoms with van der Waals surface area (Å²) in [5.74, 6) is 11.1. The molecule has 0 unspecified atom stereocenters. The summed E-state index contributed by atoms with van der Waals surface area (Å²) >= 11 is 5.22. The molecule has 28 heteroatoms. The minimum Gasteiger partial charge on any atom is -0.508 e. The minimum atomic E-state index is -0.976. The van der Waals surface area contributed by atoms with Crippen LogP contribution in [-0.2, 0) is 128 Å². The predicted molar refractivity (Wildman–Crippen MR) is 563 cm³/mol. The number of nitrogens with zero attached hydrogens (tertiary/aromatic N) is 5. The van der Waals surface area contributed by atoms with E-state index in [9.17, 15) is 35.4 Å². The summed E-state index contributed by atoms with van der Waals surface area (Å²) in [5.41, 5.74) is 23.2. The van der Waals surface area contributed by atoms with Crippen molar-refractivity contribution in [1.29, 1.82) is 0 Å². The number of carboxylic acid groups (broad SMARTS) is 1. The first-order chi connectivity index (χ1) is 68.2. The minimum absolute atomic E-state index is 0. The summed E-state index contributed by atoms with van der Waals surface area (Å²) in [7, 11) is 8.15. The van der Waals surface area contributed by atoms with E-state index in [1.54, 1.807) is 114 Å². The molecule has 0 saturated heterocycles. The molecule has 0 amide bonds. The molecule has 26 rings (SSSR count). The van der Waals surface area contributed by atoms with Crippen LogP contribution in [0.5, 0.6) is 86.2 Å². The maximum Gasteiger partial charge on any atom is 0.336 e. The van der Waals surface area contributed by atoms with Crippen LogP contribution < -0.4 is 43.0 Å². The Morgan fingerprint density at radius 3 is 1.36 bits per heavy atom. The van der Waals surface area contributed by atoms with Gasteiger partial charge in [0.05, 0.1) is 15.8 Å². The standard InChI is InChI=1S/C20H14O4.C15H15NO.C13H10O2.C13H10O.C13H10S.C12H9NO2.C12H15NO.C10H8N2OS2.C10H10O2.6Mn/c21-12-9-10-16-18(11-12)24-17-8-4-3-7-15(17)19(16)13-5-1-2-6-14(13)20(22)23;1-16(2)13-8-7-12-9-11-5-3-4-6-14(11)17-15(12)10-13;14-11-6-5-10-7-9-3-1-2-4-12(9)15-13(10)8-11;2*1-3-7-12-10(5-1)9-11-6-2-4-8-13(11)14-12;14-8-5-6-10-12(7-8)15-11-4-2-1-3-9(11)13-10;1-9-6-7-14-12-8-10(13(2)3)4-5-11(9)12;13-6-1-2-7-8(5-6)15-10(12-7)9-11-3-4-14-9;1-7-4-5-12-10-6-8(11)2-3-9(7)10;;;;;;/h1-3,5-11,21H,4H2,(H,22,23);3-8,10H,9H2,1-2H3;1-6,8,14H,7H2;2*1-8H,9H2;1,3-7,14H,2H2;4-6,8H,7H2,1-3H3;1-2,5,13H,3-4H2;2-4,6,11H,5H2,1H3;;;;;;. The van der Waals surface area contributed by atoms with Gasteiger partial charge >= 0.3 is 5.97 Å². The molecule has 0 bridgehead atoms. The number of hydrogen-bond acceptors (Lipinski definition) is 21. The number of aromatic hydroxyl groups is 5. The van der Waals surface area contributed by atoms with E-state index in [4.69, 9.17) is 33.2 Å². The van der Waals surface area contributed by atoms with Gasteiger partial charge in [-0.1, -0.05) is 170 Å². The molecular formula is C118H101Mn6N5O14S3. The van der Waals surface area contributed by atoms with E-state index < -0.39 is 5.97 Å². The van der Waals surface area contributed by atoms with Gasteiger partial charge in [0.1, 0.15) is 127 Å². The first-order valence-corrected chi connectivity index (χ1v) is 48.6. The normalized spacial score (nSPS) is 13.6. The van der Waals surface area contributed by atoms with Gasteiger partial charge in [-0.25, -0.2) is 14.8 Å². The van der Waals surface area contributed by atoms with Crippen molar-refractivity contribution in [2.45, 2.75) is 62.2 Å². The van der Waals surface area contributed by atoms with Crippen LogP contribution in [0.15, 0.2) is 383 Å². The number of phenolic OH excluding ortho intramolecular Hbond substituents is 5. The molecule has 742 valence electrons. The first-order valence-electron chi connectivity index (χ1n) is 45.9. The summed E-state index contributed by atoms with van der Waals surface area (Å²) in [5, 5.41) is 58.5. The number of fused-ring (bicyclic) bond motifs is 15. The van der Waals surface area contributed by atoms with Crippen LogP contribution in [0.3, 0.4) is 0 Å². The van der Waals surface area contributed by atoms with Crippen LogP contribution in [0, 0.1) is 0 Å². The van der Waals surface area contributed by atoms with E-state index in [-0.39, 0.29) is 131 Å². The molecule has 0 atom stereocenters. The second kappa shape index (κ2) is 52.3. The number of anilines is 2. The van der Waals surface area contributed by atoms with E-state index >= 15 is 0 Å². The zero-order valence-electron chi connectivity index (χ0n) is 80.2. The number of phenols is 5. The SMILES string of the molecule is CC1=CCOc2cc(N(C)C)ccc21.CC1=CCOc2cc(O)ccc21.CN(C)c1ccc2c(c1)Oc1ccccc1C2.O=C(O)c1ccccc1C1=C2C=CCC=C2Oc2cc(O)ccc21.Oc1ccc2c(c1)OC1=CCC=CC1=N2.Oc1ccc2c(c1)Oc1ccccc1C2.Oc1ccc2nc(C3=NCCS3)sc2c1.[Mn].[Mn].[Mn].[Mn].[Mn].[Mn].c1ccc2c(c1)Cc1ccccc1O2.c1ccc2c(c1)Cc1ccccc1S2. The number of aromatic carboxylic acids is 1. The van der Waals surface area contributed by atoms with Crippen molar-refractivity contribution in [3.63, 3.8) is 0 Å². The summed E-state index contributed by atoms with van der Waals surface area (Å²) in [6.45, 7) is 6.34. The molecule has 11 aliphatic rings. The molecule has 0 saturated carbocycles. The summed E-state index contributed by atoms with van der Waals surface area (Å²) in [4.78, 5) is 32.0. The third-order valence-corrected chi connectivity index (χ3v) is 27.4. The molecule has 0 fully saturated rings. The Balaban J connectivity index is 0.000000146. The van der Waals surface area contributed by atoms with Crippen molar-refractivity contribution in [2.75, 3.05) is 63.5 Å². The number of carboxylic acids is 1. The molecule has 0 spiro atoms. The van der Waals surface area contributed by atoms with Gasteiger partial charge in [0.15, 0.2) is 5.75 Å². The number of benzene rings is 14. The first kappa shape index (κ1) is 112. The van der Waals surface area contributed by atoms with Gasteiger partial charge in [0, 0.05) is 248 Å². The fraction of sp³-hybridized carbons (Fsp3) is 0.136. The van der Waals surface area contributed by atoms with Crippen LogP contribution in [0.2, 0.25) is 0 Å². The molecule has 10 heterocycles. The number of carbonyl (C=O) groups is 1. The van der Waals surface area contributed by atoms with Crippen molar-refractivity contribution in [2.24, 2.45) is 9.98 Å². The Kier molecular flexibility index (Phi) is 40.1. The Labute approximate surface area is 925 Å². The van der Waals surface area contributed by atoms with E-state index in [0.29, 0.717) is 41.8 Å².